The molecular weight excluding hydrogens is 650 g/mol. The van der Waals surface area contributed by atoms with Crippen molar-refractivity contribution in [3.8, 4) is 22.5 Å². The molecule has 0 atom stereocenters. The summed E-state index contributed by atoms with van der Waals surface area (Å²) in [6, 6.07) is 11.5. The van der Waals surface area contributed by atoms with Crippen molar-refractivity contribution in [3.63, 3.8) is 0 Å². The van der Waals surface area contributed by atoms with Crippen LogP contribution < -0.4 is 4.90 Å². The van der Waals surface area contributed by atoms with Crippen molar-refractivity contribution in [1.82, 2.24) is 19.7 Å². The Bertz CT molecular complexity index is 1960. The summed E-state index contributed by atoms with van der Waals surface area (Å²) in [6.07, 6.45) is -1.25. The van der Waals surface area contributed by atoms with E-state index in [1.54, 1.807) is 36.1 Å². The fourth-order valence-corrected chi connectivity index (χ4v) is 6.76. The van der Waals surface area contributed by atoms with Gasteiger partial charge in [-0.3, -0.25) is 9.69 Å². The molecule has 0 N–H and O–H groups in total. The zero-order chi connectivity index (χ0) is 35.3. The number of nitrogens with zero attached hydrogens (tertiary/aromatic N) is 6. The summed E-state index contributed by atoms with van der Waals surface area (Å²) >= 11 is 0. The van der Waals surface area contributed by atoms with Crippen LogP contribution in [0.3, 0.4) is 0 Å². The van der Waals surface area contributed by atoms with Crippen molar-refractivity contribution in [2.75, 3.05) is 18.1 Å². The summed E-state index contributed by atoms with van der Waals surface area (Å²) in [5.41, 5.74) is 2.64. The number of rotatable bonds is 10. The molecule has 1 aliphatic carbocycles. The molecule has 2 aliphatic rings. The van der Waals surface area contributed by atoms with Gasteiger partial charge in [-0.2, -0.15) is 13.2 Å². The summed E-state index contributed by atoms with van der Waals surface area (Å²) in [7, 11) is -0.189. The van der Waals surface area contributed by atoms with Crippen molar-refractivity contribution < 1.29 is 27.1 Å². The van der Waals surface area contributed by atoms with Crippen LogP contribution in [0.4, 0.5) is 24.7 Å². The number of carbonyl (C=O) groups excluding carboxylic acids is 1. The molecule has 1 amide bonds. The number of aryl methyl sites for hydroxylation is 1. The Morgan fingerprint density at radius 2 is 1.78 bits per heavy atom. The average molecular weight is 689 g/mol. The van der Waals surface area contributed by atoms with E-state index in [1.807, 2.05) is 12.1 Å². The third-order valence-electron chi connectivity index (χ3n) is 9.67. The first-order valence-electron chi connectivity index (χ1n) is 16.2. The Morgan fingerprint density at radius 3 is 2.41 bits per heavy atom. The van der Waals surface area contributed by atoms with Crippen LogP contribution in [-0.4, -0.2) is 47.2 Å². The second-order valence-electron chi connectivity index (χ2n) is 14.2. The van der Waals surface area contributed by atoms with Gasteiger partial charge in [-0.25, -0.2) is 9.83 Å². The van der Waals surface area contributed by atoms with Gasteiger partial charge in [0.15, 0.2) is 19.8 Å². The molecule has 1 saturated carbocycles. The Hall–Kier alpha value is -4.38. The van der Waals surface area contributed by atoms with Crippen LogP contribution >= 0.6 is 0 Å². The standard InChI is InChI=1S/C36H39F3N6O3Si/c1-35(2,3)49(6,7)48-13-12-47-20-22-14-28-29(30(15-22)36(37,38)39)19-45(34(28)46)32-17-24(16-31(42-32)23-8-9-23)26-11-10-25(40-4)18-27(26)33-43-41-21-44(33)5/h10-11,14-18,21,23H,8-9,12-13,19-20H2,1-3,5-7H3. The predicted molar refractivity (Wildman–Crippen MR) is 183 cm³/mol. The largest absolute Gasteiger partial charge is 0.416 e. The average Bonchev–Trinajstić information content (AvgIpc) is 3.73. The van der Waals surface area contributed by atoms with Gasteiger partial charge >= 0.3 is 6.18 Å². The molecule has 0 bridgehead atoms. The van der Waals surface area contributed by atoms with Crippen molar-refractivity contribution in [2.45, 2.75) is 77.0 Å². The summed E-state index contributed by atoms with van der Waals surface area (Å²) in [5.74, 6) is 0.460. The van der Waals surface area contributed by atoms with E-state index in [0.29, 0.717) is 23.7 Å². The van der Waals surface area contributed by atoms with Gasteiger partial charge in [0.25, 0.3) is 5.91 Å². The molecule has 1 aliphatic heterocycles. The third kappa shape index (κ3) is 7.04. The van der Waals surface area contributed by atoms with E-state index in [0.717, 1.165) is 35.7 Å². The molecule has 9 nitrogen and oxygen atoms in total. The number of hydrogen-bond acceptors (Lipinski definition) is 6. The van der Waals surface area contributed by atoms with E-state index in [1.165, 1.54) is 11.0 Å². The lowest BCUT2D eigenvalue weighted by molar-refractivity contribution is -0.138. The van der Waals surface area contributed by atoms with Gasteiger partial charge in [-0.05, 0) is 83.6 Å². The Kier molecular flexibility index (Phi) is 9.02. The second-order valence-corrected chi connectivity index (χ2v) is 19.0. The first-order chi connectivity index (χ1) is 23.1. The number of fused-ring (bicyclic) bond motifs is 1. The number of halogens is 3. The van der Waals surface area contributed by atoms with Crippen molar-refractivity contribution in [1.29, 1.82) is 0 Å². The SMILES string of the molecule is [C-]#[N+]c1ccc(-c2cc(C3CC3)nc(N3Cc4c(cc(COCCO[Si](C)(C)C(C)(C)C)cc4C(F)(F)F)C3=O)c2)c(-c2nncn2C)c1. The number of amides is 1. The van der Waals surface area contributed by atoms with Crippen molar-refractivity contribution >= 4 is 25.7 Å². The lowest BCUT2D eigenvalue weighted by Crippen LogP contribution is -2.41. The van der Waals surface area contributed by atoms with Crippen LogP contribution in [0.1, 0.15) is 72.3 Å². The zero-order valence-electron chi connectivity index (χ0n) is 28.5. The van der Waals surface area contributed by atoms with Crippen LogP contribution in [0.25, 0.3) is 27.4 Å². The van der Waals surface area contributed by atoms with Crippen LogP contribution in [0.2, 0.25) is 18.1 Å². The Labute approximate surface area is 285 Å². The Balaban J connectivity index is 1.32. The summed E-state index contributed by atoms with van der Waals surface area (Å²) in [6.45, 7) is 18.4. The summed E-state index contributed by atoms with van der Waals surface area (Å²) < 4.78 is 57.0. The minimum Gasteiger partial charge on any atom is -0.414 e. The highest BCUT2D eigenvalue weighted by atomic mass is 28.4. The molecule has 4 aromatic rings. The van der Waals surface area contributed by atoms with Crippen LogP contribution in [0.5, 0.6) is 0 Å². The van der Waals surface area contributed by atoms with Crippen molar-refractivity contribution in [2.24, 2.45) is 7.05 Å². The minimum absolute atomic E-state index is 0.00712. The molecule has 49 heavy (non-hydrogen) atoms. The molecule has 0 radical (unpaired) electrons. The number of alkyl halides is 3. The highest BCUT2D eigenvalue weighted by molar-refractivity contribution is 6.74. The fourth-order valence-electron chi connectivity index (χ4n) is 5.74. The van der Waals surface area contributed by atoms with E-state index < -0.39 is 26.0 Å². The molecule has 13 heteroatoms. The van der Waals surface area contributed by atoms with Gasteiger partial charge < -0.3 is 13.7 Å². The number of hydrogen-bond donors (Lipinski definition) is 0. The van der Waals surface area contributed by atoms with Crippen LogP contribution in [-0.2, 0) is 35.5 Å². The molecule has 2 aromatic carbocycles. The van der Waals surface area contributed by atoms with E-state index in [9.17, 15) is 18.0 Å². The molecule has 0 unspecified atom stereocenters. The normalized spacial score (nSPS) is 15.1. The number of benzene rings is 2. The molecule has 2 aromatic heterocycles. The number of carbonyl (C=O) groups is 1. The van der Waals surface area contributed by atoms with Gasteiger partial charge in [0.05, 0.1) is 38.5 Å². The topological polar surface area (TPSA) is 86.7 Å². The number of anilines is 1. The number of pyridine rings is 1. The summed E-state index contributed by atoms with van der Waals surface area (Å²) in [4.78, 5) is 23.7. The smallest absolute Gasteiger partial charge is 0.414 e. The first-order valence-corrected chi connectivity index (χ1v) is 19.1. The molecular formula is C36H39F3N6O3Si. The van der Waals surface area contributed by atoms with E-state index in [2.05, 4.69) is 48.9 Å². The summed E-state index contributed by atoms with van der Waals surface area (Å²) in [5, 5.41) is 8.28. The maximum atomic E-state index is 14.5. The van der Waals surface area contributed by atoms with Crippen LogP contribution in [0.15, 0.2) is 48.8 Å². The number of ether oxygens (including phenoxy) is 1. The lowest BCUT2D eigenvalue weighted by Gasteiger charge is -2.36. The molecule has 6 rings (SSSR count). The zero-order valence-corrected chi connectivity index (χ0v) is 29.5. The molecule has 1 fully saturated rings. The van der Waals surface area contributed by atoms with Crippen molar-refractivity contribution in [3.05, 3.63) is 88.2 Å². The monoisotopic (exact) mass is 688 g/mol. The van der Waals surface area contributed by atoms with Gasteiger partial charge in [-0.1, -0.05) is 32.9 Å². The van der Waals surface area contributed by atoms with Gasteiger partial charge in [-0.15, -0.1) is 10.2 Å². The lowest BCUT2D eigenvalue weighted by atomic mass is 9.97. The van der Waals surface area contributed by atoms with Gasteiger partial charge in [0.1, 0.15) is 12.1 Å². The highest BCUT2D eigenvalue weighted by Crippen LogP contribution is 2.45. The van der Waals surface area contributed by atoms with E-state index in [4.69, 9.17) is 20.7 Å². The van der Waals surface area contributed by atoms with Gasteiger partial charge in [0, 0.05) is 29.8 Å². The Morgan fingerprint density at radius 1 is 1.02 bits per heavy atom. The molecule has 0 saturated heterocycles. The quantitative estimate of drug-likeness (QED) is 0.0942. The van der Waals surface area contributed by atoms with Gasteiger partial charge in [0.2, 0.25) is 0 Å². The fraction of sp³-hybridized carbons (Fsp3) is 0.417. The minimum atomic E-state index is -4.67. The molecule has 256 valence electrons. The maximum absolute atomic E-state index is 14.5. The van der Waals surface area contributed by atoms with E-state index >= 15 is 0 Å². The van der Waals surface area contributed by atoms with Crippen LogP contribution in [0, 0.1) is 6.57 Å². The highest BCUT2D eigenvalue weighted by Gasteiger charge is 2.41. The second kappa shape index (κ2) is 12.8. The first kappa shape index (κ1) is 34.5. The molecule has 3 heterocycles. The molecule has 0 spiro atoms. The third-order valence-corrected chi connectivity index (χ3v) is 14.2. The maximum Gasteiger partial charge on any atom is 0.416 e. The predicted octanol–water partition coefficient (Wildman–Crippen LogP) is 8.69. The number of aromatic nitrogens is 4. The van der Waals surface area contributed by atoms with E-state index in [-0.39, 0.29) is 53.2 Å².